The summed E-state index contributed by atoms with van der Waals surface area (Å²) in [5, 5.41) is 0.537. The molecule has 0 spiro atoms. The maximum atomic E-state index is 13.2. The van der Waals surface area contributed by atoms with E-state index in [0.29, 0.717) is 29.5 Å². The van der Waals surface area contributed by atoms with Gasteiger partial charge >= 0.3 is 0 Å². The van der Waals surface area contributed by atoms with E-state index in [0.717, 1.165) is 30.0 Å². The first-order valence-corrected chi connectivity index (χ1v) is 12.5. The van der Waals surface area contributed by atoms with Gasteiger partial charge in [0.25, 0.3) is 0 Å². The third-order valence-electron chi connectivity index (χ3n) is 5.02. The zero-order valence-electron chi connectivity index (χ0n) is 19.1. The monoisotopic (exact) mass is 481 g/mol. The molecule has 7 nitrogen and oxygen atoms in total. The number of rotatable bonds is 12. The molecule has 2 aromatic rings. The highest BCUT2D eigenvalue weighted by molar-refractivity contribution is 7.89. The van der Waals surface area contributed by atoms with Crippen LogP contribution >= 0.6 is 11.6 Å². The Balaban J connectivity index is 2.80. The van der Waals surface area contributed by atoms with E-state index in [-0.39, 0.29) is 16.2 Å². The van der Waals surface area contributed by atoms with Gasteiger partial charge in [0.1, 0.15) is 10.6 Å². The number of amides is 1. The maximum Gasteiger partial charge on any atom is 0.248 e. The molecule has 0 radical (unpaired) electrons. The molecule has 9 heteroatoms. The smallest absolute Gasteiger partial charge is 0.248 e. The molecule has 0 aliphatic carbocycles. The van der Waals surface area contributed by atoms with Gasteiger partial charge in [0, 0.05) is 37.8 Å². The topological polar surface area (TPSA) is 92.9 Å². The number of hydrogen-bond acceptors (Lipinski definition) is 5. The van der Waals surface area contributed by atoms with Gasteiger partial charge in [-0.05, 0) is 49.2 Å². The summed E-state index contributed by atoms with van der Waals surface area (Å²) in [5.74, 6) is -0.104. The minimum absolute atomic E-state index is 0.109. The zero-order valence-corrected chi connectivity index (χ0v) is 20.7. The van der Waals surface area contributed by atoms with Gasteiger partial charge in [-0.1, -0.05) is 38.3 Å². The largest absolute Gasteiger partial charge is 0.454 e. The molecule has 0 saturated carbocycles. The van der Waals surface area contributed by atoms with Crippen molar-refractivity contribution >= 4 is 33.2 Å². The quantitative estimate of drug-likeness (QED) is 0.466. The van der Waals surface area contributed by atoms with Gasteiger partial charge < -0.3 is 15.4 Å². The molecule has 0 unspecified atom stereocenters. The Bertz CT molecular complexity index is 1020. The van der Waals surface area contributed by atoms with Crippen LogP contribution in [0.2, 0.25) is 5.02 Å². The summed E-state index contributed by atoms with van der Waals surface area (Å²) < 4.78 is 33.7. The SMILES string of the molecule is CCCCN(CCCC)c1cc(C(N)=O)cc(S(=O)(=O)N(C)C)c1Oc1ccc(Cl)cc1. The molecule has 0 fully saturated rings. The van der Waals surface area contributed by atoms with E-state index in [4.69, 9.17) is 22.1 Å². The summed E-state index contributed by atoms with van der Waals surface area (Å²) in [6.45, 7) is 5.56. The summed E-state index contributed by atoms with van der Waals surface area (Å²) in [6, 6.07) is 9.57. The summed E-state index contributed by atoms with van der Waals surface area (Å²) in [6.07, 6.45) is 3.74. The van der Waals surface area contributed by atoms with E-state index in [9.17, 15) is 13.2 Å². The van der Waals surface area contributed by atoms with E-state index in [2.05, 4.69) is 18.7 Å². The Morgan fingerprint density at radius 2 is 1.59 bits per heavy atom. The second-order valence-electron chi connectivity index (χ2n) is 7.72. The fraction of sp³-hybridized carbons (Fsp3) is 0.435. The van der Waals surface area contributed by atoms with E-state index in [1.54, 1.807) is 30.3 Å². The van der Waals surface area contributed by atoms with Crippen molar-refractivity contribution in [2.75, 3.05) is 32.1 Å². The summed E-state index contributed by atoms with van der Waals surface area (Å²) >= 11 is 5.99. The van der Waals surface area contributed by atoms with Crippen LogP contribution in [0.25, 0.3) is 0 Å². The Morgan fingerprint density at radius 1 is 1.03 bits per heavy atom. The lowest BCUT2D eigenvalue weighted by Crippen LogP contribution is -2.29. The second kappa shape index (κ2) is 11.5. The minimum Gasteiger partial charge on any atom is -0.454 e. The maximum absolute atomic E-state index is 13.2. The van der Waals surface area contributed by atoms with Crippen molar-refractivity contribution in [1.29, 1.82) is 0 Å². The van der Waals surface area contributed by atoms with Crippen LogP contribution in [0.4, 0.5) is 5.69 Å². The fourth-order valence-electron chi connectivity index (χ4n) is 3.13. The van der Waals surface area contributed by atoms with Gasteiger partial charge in [0.15, 0.2) is 5.75 Å². The highest BCUT2D eigenvalue weighted by Gasteiger charge is 2.29. The van der Waals surface area contributed by atoms with Crippen molar-refractivity contribution < 1.29 is 17.9 Å². The molecule has 1 amide bonds. The number of primary amides is 1. The van der Waals surface area contributed by atoms with E-state index >= 15 is 0 Å². The number of nitrogens with two attached hydrogens (primary N) is 1. The standard InChI is InChI=1S/C23H32ClN3O4S/c1-5-7-13-27(14-8-6-2)20-15-17(23(25)28)16-21(32(29,30)26(3)4)22(20)31-19-11-9-18(24)10-12-19/h9-12,15-16H,5-8,13-14H2,1-4H3,(H2,25,28). The number of hydrogen-bond donors (Lipinski definition) is 1. The molecule has 32 heavy (non-hydrogen) atoms. The number of halogens is 1. The first-order chi connectivity index (χ1) is 15.1. The predicted octanol–water partition coefficient (Wildman–Crippen LogP) is 4.89. The molecule has 2 rings (SSSR count). The summed E-state index contributed by atoms with van der Waals surface area (Å²) in [7, 11) is -1.07. The van der Waals surface area contributed by atoms with Crippen molar-refractivity contribution in [3.63, 3.8) is 0 Å². The number of anilines is 1. The number of carbonyl (C=O) groups is 1. The molecule has 0 bridgehead atoms. The Hall–Kier alpha value is -2.29. The van der Waals surface area contributed by atoms with Gasteiger partial charge in [-0.15, -0.1) is 0 Å². The highest BCUT2D eigenvalue weighted by Crippen LogP contribution is 2.41. The van der Waals surface area contributed by atoms with Crippen LogP contribution < -0.4 is 15.4 Å². The number of sulfonamides is 1. The Morgan fingerprint density at radius 3 is 2.06 bits per heavy atom. The molecule has 0 aliphatic heterocycles. The molecule has 0 atom stereocenters. The normalized spacial score (nSPS) is 11.6. The van der Waals surface area contributed by atoms with E-state index < -0.39 is 15.9 Å². The summed E-state index contributed by atoms with van der Waals surface area (Å²) in [4.78, 5) is 14.1. The third-order valence-corrected chi connectivity index (χ3v) is 7.09. The van der Waals surface area contributed by atoms with Crippen molar-refractivity contribution in [2.45, 2.75) is 44.4 Å². The second-order valence-corrected chi connectivity index (χ2v) is 10.3. The van der Waals surface area contributed by atoms with Crippen LogP contribution in [0.1, 0.15) is 49.9 Å². The number of benzene rings is 2. The number of nitrogens with zero attached hydrogens (tertiary/aromatic N) is 2. The van der Waals surface area contributed by atoms with Crippen LogP contribution in [-0.4, -0.2) is 45.8 Å². The molecule has 0 heterocycles. The zero-order chi connectivity index (χ0) is 23.9. The van der Waals surface area contributed by atoms with Crippen molar-refractivity contribution in [3.05, 3.63) is 47.0 Å². The fourth-order valence-corrected chi connectivity index (χ4v) is 4.30. The molecular formula is C23H32ClN3O4S. The first-order valence-electron chi connectivity index (χ1n) is 10.7. The van der Waals surface area contributed by atoms with Crippen LogP contribution in [-0.2, 0) is 10.0 Å². The van der Waals surface area contributed by atoms with Crippen molar-refractivity contribution in [3.8, 4) is 11.5 Å². The number of carbonyl (C=O) groups excluding carboxylic acids is 1. The molecule has 0 aromatic heterocycles. The predicted molar refractivity (Wildman–Crippen MR) is 129 cm³/mol. The highest BCUT2D eigenvalue weighted by atomic mass is 35.5. The first kappa shape index (κ1) is 26.0. The van der Waals surface area contributed by atoms with Crippen LogP contribution in [0.15, 0.2) is 41.3 Å². The van der Waals surface area contributed by atoms with Gasteiger partial charge in [-0.3, -0.25) is 4.79 Å². The number of ether oxygens (including phenoxy) is 1. The molecule has 2 N–H and O–H groups in total. The minimum atomic E-state index is -3.94. The molecular weight excluding hydrogens is 450 g/mol. The van der Waals surface area contributed by atoms with E-state index in [1.165, 1.54) is 20.2 Å². The number of unbranched alkanes of at least 4 members (excludes halogenated alkanes) is 2. The van der Waals surface area contributed by atoms with Gasteiger partial charge in [-0.2, -0.15) is 0 Å². The lowest BCUT2D eigenvalue weighted by molar-refractivity contribution is 0.1000. The van der Waals surface area contributed by atoms with E-state index in [1.807, 2.05) is 0 Å². The van der Waals surface area contributed by atoms with Gasteiger partial charge in [0.2, 0.25) is 15.9 Å². The van der Waals surface area contributed by atoms with Crippen LogP contribution in [0, 0.1) is 0 Å². The lowest BCUT2D eigenvalue weighted by atomic mass is 10.1. The van der Waals surface area contributed by atoms with Gasteiger partial charge in [0.05, 0.1) is 5.69 Å². The third kappa shape index (κ3) is 6.37. The summed E-state index contributed by atoms with van der Waals surface area (Å²) in [5.41, 5.74) is 6.21. The van der Waals surface area contributed by atoms with Gasteiger partial charge in [-0.25, -0.2) is 12.7 Å². The average Bonchev–Trinajstić information content (AvgIpc) is 2.75. The van der Waals surface area contributed by atoms with Crippen LogP contribution in [0.5, 0.6) is 11.5 Å². The Labute approximate surface area is 196 Å². The Kier molecular flexibility index (Phi) is 9.36. The van der Waals surface area contributed by atoms with Crippen LogP contribution in [0.3, 0.4) is 0 Å². The molecule has 2 aromatic carbocycles. The van der Waals surface area contributed by atoms with Crippen molar-refractivity contribution in [1.82, 2.24) is 4.31 Å². The average molecular weight is 482 g/mol. The molecule has 0 saturated heterocycles. The molecule has 0 aliphatic rings. The van der Waals surface area contributed by atoms with Crippen molar-refractivity contribution in [2.24, 2.45) is 5.73 Å². The lowest BCUT2D eigenvalue weighted by Gasteiger charge is -2.29. The molecule has 176 valence electrons.